The molecule has 80 valence electrons. The molecule has 0 saturated carbocycles. The normalized spacial score (nSPS) is 10.1. The highest BCUT2D eigenvalue weighted by Crippen LogP contribution is 2.12. The molecule has 0 aliphatic rings. The van der Waals surface area contributed by atoms with Crippen molar-refractivity contribution in [2.45, 2.75) is 6.92 Å². The molecule has 0 unspecified atom stereocenters. The lowest BCUT2D eigenvalue weighted by atomic mass is 10.1. The predicted octanol–water partition coefficient (Wildman–Crippen LogP) is 3.23. The number of carbonyl (C=O) groups excluding carboxylic acids is 1. The number of hydrogen-bond acceptors (Lipinski definition) is 2. The summed E-state index contributed by atoms with van der Waals surface area (Å²) in [5.74, 6) is -0.0257. The Kier molecular flexibility index (Phi) is 3.33. The molecule has 1 heterocycles. The van der Waals surface area contributed by atoms with Gasteiger partial charge >= 0.3 is 0 Å². The molecule has 0 fully saturated rings. The van der Waals surface area contributed by atoms with E-state index in [1.807, 2.05) is 43.3 Å². The van der Waals surface area contributed by atoms with Crippen LogP contribution in [0.25, 0.3) is 0 Å². The molecule has 0 aliphatic carbocycles. The number of benzene rings is 1. The van der Waals surface area contributed by atoms with Crippen LogP contribution in [-0.4, -0.2) is 10.8 Å². The van der Waals surface area contributed by atoms with Gasteiger partial charge in [-0.3, -0.25) is 4.79 Å². The summed E-state index contributed by atoms with van der Waals surface area (Å²) in [6.45, 7) is 1.88. The van der Waals surface area contributed by atoms with Gasteiger partial charge in [0.1, 0.15) is 5.69 Å². The standard InChI is InChI=1S/C13H10INO/c1-9-4-2-7-12(15-9)13(16)10-5-3-6-11(14)8-10/h2-8H,1H3. The molecule has 0 bridgehead atoms. The molecule has 2 aromatic rings. The van der Waals surface area contributed by atoms with E-state index >= 15 is 0 Å². The molecular formula is C13H10INO. The molecule has 0 N–H and O–H groups in total. The van der Waals surface area contributed by atoms with Crippen molar-refractivity contribution in [3.63, 3.8) is 0 Å². The van der Waals surface area contributed by atoms with Crippen LogP contribution in [0.2, 0.25) is 0 Å². The summed E-state index contributed by atoms with van der Waals surface area (Å²) in [6, 6.07) is 13.0. The summed E-state index contributed by atoms with van der Waals surface area (Å²) in [5, 5.41) is 0. The summed E-state index contributed by atoms with van der Waals surface area (Å²) in [5.41, 5.74) is 2.04. The van der Waals surface area contributed by atoms with E-state index in [9.17, 15) is 4.79 Å². The Labute approximate surface area is 108 Å². The van der Waals surface area contributed by atoms with E-state index in [1.54, 1.807) is 6.07 Å². The number of aromatic nitrogens is 1. The lowest BCUT2D eigenvalue weighted by molar-refractivity contribution is 0.103. The number of hydrogen-bond donors (Lipinski definition) is 0. The minimum absolute atomic E-state index is 0.0257. The topological polar surface area (TPSA) is 30.0 Å². The summed E-state index contributed by atoms with van der Waals surface area (Å²) >= 11 is 2.19. The number of rotatable bonds is 2. The molecule has 1 aromatic carbocycles. The molecule has 2 rings (SSSR count). The van der Waals surface area contributed by atoms with Crippen LogP contribution < -0.4 is 0 Å². The Bertz CT molecular complexity index is 489. The van der Waals surface area contributed by atoms with Gasteiger partial charge in [-0.15, -0.1) is 0 Å². The van der Waals surface area contributed by atoms with Crippen molar-refractivity contribution in [2.75, 3.05) is 0 Å². The minimum Gasteiger partial charge on any atom is -0.287 e. The molecular weight excluding hydrogens is 313 g/mol. The van der Waals surface area contributed by atoms with Crippen LogP contribution in [0.5, 0.6) is 0 Å². The van der Waals surface area contributed by atoms with Crippen LogP contribution in [0.4, 0.5) is 0 Å². The first kappa shape index (κ1) is 11.3. The van der Waals surface area contributed by atoms with Crippen molar-refractivity contribution < 1.29 is 4.79 Å². The number of ketones is 1. The average Bonchev–Trinajstić information content (AvgIpc) is 2.28. The first-order chi connectivity index (χ1) is 7.66. The summed E-state index contributed by atoms with van der Waals surface area (Å²) in [4.78, 5) is 16.3. The Morgan fingerprint density at radius 3 is 2.62 bits per heavy atom. The molecule has 1 aromatic heterocycles. The molecule has 0 aliphatic heterocycles. The molecule has 16 heavy (non-hydrogen) atoms. The third-order valence-corrected chi connectivity index (χ3v) is 2.88. The third-order valence-electron chi connectivity index (χ3n) is 2.21. The monoisotopic (exact) mass is 323 g/mol. The zero-order valence-electron chi connectivity index (χ0n) is 8.77. The molecule has 3 heteroatoms. The molecule has 2 nitrogen and oxygen atoms in total. The van der Waals surface area contributed by atoms with Crippen LogP contribution in [0.1, 0.15) is 21.7 Å². The Morgan fingerprint density at radius 2 is 1.94 bits per heavy atom. The van der Waals surface area contributed by atoms with Gasteiger partial charge in [0.15, 0.2) is 0 Å². The number of aryl methyl sites for hydroxylation is 1. The van der Waals surface area contributed by atoms with Gasteiger partial charge in [0, 0.05) is 14.8 Å². The van der Waals surface area contributed by atoms with Crippen LogP contribution in [0.3, 0.4) is 0 Å². The minimum atomic E-state index is -0.0257. The quantitative estimate of drug-likeness (QED) is 0.627. The second kappa shape index (κ2) is 4.74. The fourth-order valence-electron chi connectivity index (χ4n) is 1.45. The van der Waals surface area contributed by atoms with Crippen LogP contribution in [0.15, 0.2) is 42.5 Å². The van der Waals surface area contributed by atoms with E-state index in [2.05, 4.69) is 27.6 Å². The number of halogens is 1. The van der Waals surface area contributed by atoms with Crippen molar-refractivity contribution in [2.24, 2.45) is 0 Å². The van der Waals surface area contributed by atoms with Gasteiger partial charge < -0.3 is 0 Å². The van der Waals surface area contributed by atoms with E-state index in [1.165, 1.54) is 0 Å². The van der Waals surface area contributed by atoms with E-state index in [-0.39, 0.29) is 5.78 Å². The number of pyridine rings is 1. The molecule has 0 spiro atoms. The Hall–Kier alpha value is -1.23. The zero-order valence-corrected chi connectivity index (χ0v) is 10.9. The maximum Gasteiger partial charge on any atom is 0.211 e. The van der Waals surface area contributed by atoms with Crippen LogP contribution >= 0.6 is 22.6 Å². The van der Waals surface area contributed by atoms with Gasteiger partial charge in [0.2, 0.25) is 5.78 Å². The van der Waals surface area contributed by atoms with Crippen molar-refractivity contribution >= 4 is 28.4 Å². The first-order valence-corrected chi connectivity index (χ1v) is 5.98. The van der Waals surface area contributed by atoms with Gasteiger partial charge in [0.25, 0.3) is 0 Å². The van der Waals surface area contributed by atoms with Crippen molar-refractivity contribution in [1.29, 1.82) is 0 Å². The van der Waals surface area contributed by atoms with Gasteiger partial charge in [-0.25, -0.2) is 4.98 Å². The first-order valence-electron chi connectivity index (χ1n) is 4.91. The molecule has 0 amide bonds. The summed E-state index contributed by atoms with van der Waals surface area (Å²) < 4.78 is 1.05. The zero-order chi connectivity index (χ0) is 11.5. The predicted molar refractivity (Wildman–Crippen MR) is 71.6 cm³/mol. The SMILES string of the molecule is Cc1cccc(C(=O)c2cccc(I)c2)n1. The highest BCUT2D eigenvalue weighted by atomic mass is 127. The maximum atomic E-state index is 12.1. The van der Waals surface area contributed by atoms with Crippen molar-refractivity contribution in [1.82, 2.24) is 4.98 Å². The van der Waals surface area contributed by atoms with Gasteiger partial charge in [-0.05, 0) is 53.8 Å². The van der Waals surface area contributed by atoms with E-state index in [4.69, 9.17) is 0 Å². The number of nitrogens with zero attached hydrogens (tertiary/aromatic N) is 1. The highest BCUT2D eigenvalue weighted by molar-refractivity contribution is 14.1. The number of carbonyl (C=O) groups is 1. The smallest absolute Gasteiger partial charge is 0.211 e. The van der Waals surface area contributed by atoms with Crippen LogP contribution in [0, 0.1) is 10.5 Å². The largest absolute Gasteiger partial charge is 0.287 e. The Morgan fingerprint density at radius 1 is 1.19 bits per heavy atom. The molecule has 0 atom stereocenters. The van der Waals surface area contributed by atoms with Crippen molar-refractivity contribution in [3.8, 4) is 0 Å². The fraction of sp³-hybridized carbons (Fsp3) is 0.0769. The average molecular weight is 323 g/mol. The van der Waals surface area contributed by atoms with Gasteiger partial charge in [-0.1, -0.05) is 18.2 Å². The summed E-state index contributed by atoms with van der Waals surface area (Å²) in [7, 11) is 0. The second-order valence-corrected chi connectivity index (χ2v) is 4.75. The third kappa shape index (κ3) is 2.47. The van der Waals surface area contributed by atoms with Gasteiger partial charge in [0.05, 0.1) is 0 Å². The van der Waals surface area contributed by atoms with Crippen molar-refractivity contribution in [3.05, 3.63) is 63.0 Å². The fourth-order valence-corrected chi connectivity index (χ4v) is 1.99. The Balaban J connectivity index is 2.39. The highest BCUT2D eigenvalue weighted by Gasteiger charge is 2.10. The lowest BCUT2D eigenvalue weighted by Gasteiger charge is -2.01. The molecule has 0 saturated heterocycles. The van der Waals surface area contributed by atoms with Gasteiger partial charge in [-0.2, -0.15) is 0 Å². The van der Waals surface area contributed by atoms with E-state index in [0.29, 0.717) is 11.3 Å². The van der Waals surface area contributed by atoms with E-state index in [0.717, 1.165) is 9.26 Å². The molecule has 0 radical (unpaired) electrons. The van der Waals surface area contributed by atoms with Crippen LogP contribution in [-0.2, 0) is 0 Å². The lowest BCUT2D eigenvalue weighted by Crippen LogP contribution is -2.04. The maximum absolute atomic E-state index is 12.1. The summed E-state index contributed by atoms with van der Waals surface area (Å²) in [6.07, 6.45) is 0. The van der Waals surface area contributed by atoms with E-state index < -0.39 is 0 Å². The second-order valence-electron chi connectivity index (χ2n) is 3.50.